The quantitative estimate of drug-likeness (QED) is 0.581. The highest BCUT2D eigenvalue weighted by atomic mass is 16.4. The topological polar surface area (TPSA) is 78.4 Å². The van der Waals surface area contributed by atoms with Crippen LogP contribution in [0.3, 0.4) is 0 Å². The van der Waals surface area contributed by atoms with Crippen molar-refractivity contribution in [3.05, 3.63) is 0 Å². The van der Waals surface area contributed by atoms with Crippen molar-refractivity contribution >= 4 is 12.0 Å². The maximum atomic E-state index is 11.3. The zero-order chi connectivity index (χ0) is 12.6. The van der Waals surface area contributed by atoms with E-state index in [1.54, 1.807) is 0 Å². The van der Waals surface area contributed by atoms with Crippen LogP contribution in [0.25, 0.3) is 0 Å². The highest BCUT2D eigenvalue weighted by Crippen LogP contribution is 2.04. The summed E-state index contributed by atoms with van der Waals surface area (Å²) in [7, 11) is 0. The second kappa shape index (κ2) is 7.96. The first-order valence-electron chi connectivity index (χ1n) is 5.74. The Labute approximate surface area is 96.6 Å². The van der Waals surface area contributed by atoms with Gasteiger partial charge in [-0.1, -0.05) is 27.2 Å². The number of urea groups is 1. The minimum Gasteiger partial charge on any atom is -0.480 e. The molecule has 0 unspecified atom stereocenters. The number of rotatable bonds is 7. The van der Waals surface area contributed by atoms with Crippen LogP contribution in [0.1, 0.15) is 40.0 Å². The van der Waals surface area contributed by atoms with E-state index < -0.39 is 18.0 Å². The molecule has 0 rings (SSSR count). The zero-order valence-corrected chi connectivity index (χ0v) is 10.2. The predicted molar refractivity (Wildman–Crippen MR) is 62.3 cm³/mol. The summed E-state index contributed by atoms with van der Waals surface area (Å²) in [6, 6.07) is -1.21. The van der Waals surface area contributed by atoms with Gasteiger partial charge in [0.15, 0.2) is 0 Å². The average Bonchev–Trinajstić information content (AvgIpc) is 2.16. The molecule has 0 fully saturated rings. The Hall–Kier alpha value is -1.26. The molecule has 3 N–H and O–H groups in total. The van der Waals surface area contributed by atoms with E-state index in [1.807, 2.05) is 20.8 Å². The van der Waals surface area contributed by atoms with Gasteiger partial charge in [-0.05, 0) is 18.8 Å². The molecule has 0 aromatic heterocycles. The first-order valence-corrected chi connectivity index (χ1v) is 5.74. The van der Waals surface area contributed by atoms with E-state index in [4.69, 9.17) is 5.11 Å². The van der Waals surface area contributed by atoms with E-state index >= 15 is 0 Å². The van der Waals surface area contributed by atoms with Gasteiger partial charge in [-0.25, -0.2) is 9.59 Å². The fraction of sp³-hybridized carbons (Fsp3) is 0.818. The van der Waals surface area contributed by atoms with Gasteiger partial charge in [0.05, 0.1) is 0 Å². The Morgan fingerprint density at radius 1 is 1.31 bits per heavy atom. The standard InChI is InChI=1S/C11H22N2O3/c1-4-5-6-12-11(16)13-9(10(14)15)7-8(2)3/h8-9H,4-7H2,1-3H3,(H,14,15)(H2,12,13,16)/t9-/m1/s1. The van der Waals surface area contributed by atoms with Crippen LogP contribution in [0.2, 0.25) is 0 Å². The van der Waals surface area contributed by atoms with Crippen LogP contribution >= 0.6 is 0 Å². The smallest absolute Gasteiger partial charge is 0.326 e. The lowest BCUT2D eigenvalue weighted by molar-refractivity contribution is -0.139. The largest absolute Gasteiger partial charge is 0.480 e. The molecule has 16 heavy (non-hydrogen) atoms. The molecule has 2 amide bonds. The van der Waals surface area contributed by atoms with Gasteiger partial charge >= 0.3 is 12.0 Å². The van der Waals surface area contributed by atoms with Gasteiger partial charge in [0.1, 0.15) is 6.04 Å². The van der Waals surface area contributed by atoms with E-state index in [0.717, 1.165) is 12.8 Å². The molecule has 5 nitrogen and oxygen atoms in total. The fourth-order valence-corrected chi connectivity index (χ4v) is 1.28. The van der Waals surface area contributed by atoms with Gasteiger partial charge < -0.3 is 15.7 Å². The number of unbranched alkanes of at least 4 members (excludes halogenated alkanes) is 1. The summed E-state index contributed by atoms with van der Waals surface area (Å²) >= 11 is 0. The van der Waals surface area contributed by atoms with Crippen LogP contribution in [0.15, 0.2) is 0 Å². The minimum absolute atomic E-state index is 0.233. The molecule has 0 aliphatic carbocycles. The fourth-order valence-electron chi connectivity index (χ4n) is 1.28. The van der Waals surface area contributed by atoms with Gasteiger partial charge in [-0.3, -0.25) is 0 Å². The van der Waals surface area contributed by atoms with Crippen molar-refractivity contribution in [1.29, 1.82) is 0 Å². The van der Waals surface area contributed by atoms with E-state index in [9.17, 15) is 9.59 Å². The lowest BCUT2D eigenvalue weighted by atomic mass is 10.0. The molecule has 0 saturated heterocycles. The van der Waals surface area contributed by atoms with Crippen LogP contribution in [-0.2, 0) is 4.79 Å². The number of hydrogen-bond acceptors (Lipinski definition) is 2. The lowest BCUT2D eigenvalue weighted by Crippen LogP contribution is -2.46. The Morgan fingerprint density at radius 2 is 1.94 bits per heavy atom. The average molecular weight is 230 g/mol. The second-order valence-electron chi connectivity index (χ2n) is 4.27. The number of carbonyl (C=O) groups is 2. The summed E-state index contributed by atoms with van der Waals surface area (Å²) < 4.78 is 0. The van der Waals surface area contributed by atoms with Crippen LogP contribution in [0.4, 0.5) is 4.79 Å². The van der Waals surface area contributed by atoms with E-state index in [1.165, 1.54) is 0 Å². The summed E-state index contributed by atoms with van der Waals surface area (Å²) in [5.74, 6) is -0.753. The number of carboxylic acids is 1. The minimum atomic E-state index is -0.987. The van der Waals surface area contributed by atoms with Gasteiger partial charge in [0.25, 0.3) is 0 Å². The van der Waals surface area contributed by atoms with Crippen molar-refractivity contribution in [1.82, 2.24) is 10.6 Å². The summed E-state index contributed by atoms with van der Waals surface area (Å²) in [5.41, 5.74) is 0. The molecule has 0 heterocycles. The molecule has 0 aromatic rings. The molecule has 0 spiro atoms. The highest BCUT2D eigenvalue weighted by Gasteiger charge is 2.20. The molecule has 1 atom stereocenters. The highest BCUT2D eigenvalue weighted by molar-refractivity contribution is 5.82. The number of nitrogens with one attached hydrogen (secondary N) is 2. The molecule has 94 valence electrons. The molecular formula is C11H22N2O3. The zero-order valence-electron chi connectivity index (χ0n) is 10.2. The first kappa shape index (κ1) is 14.7. The van der Waals surface area contributed by atoms with Crippen LogP contribution in [0, 0.1) is 5.92 Å². The Morgan fingerprint density at radius 3 is 2.38 bits per heavy atom. The molecule has 0 aliphatic rings. The monoisotopic (exact) mass is 230 g/mol. The van der Waals surface area contributed by atoms with Crippen molar-refractivity contribution in [2.75, 3.05) is 6.54 Å². The van der Waals surface area contributed by atoms with Crippen LogP contribution < -0.4 is 10.6 Å². The third-order valence-electron chi connectivity index (χ3n) is 2.13. The van der Waals surface area contributed by atoms with E-state index in [2.05, 4.69) is 10.6 Å². The Bertz CT molecular complexity index is 229. The van der Waals surface area contributed by atoms with Crippen molar-refractivity contribution < 1.29 is 14.7 Å². The number of aliphatic carboxylic acids is 1. The molecule has 0 radical (unpaired) electrons. The summed E-state index contributed by atoms with van der Waals surface area (Å²) in [5, 5.41) is 14.0. The number of carbonyl (C=O) groups excluding carboxylic acids is 1. The van der Waals surface area contributed by atoms with Gasteiger partial charge in [0.2, 0.25) is 0 Å². The maximum absolute atomic E-state index is 11.3. The van der Waals surface area contributed by atoms with Gasteiger partial charge in [-0.2, -0.15) is 0 Å². The first-order chi connectivity index (χ1) is 7.47. The number of carboxylic acid groups (broad SMARTS) is 1. The van der Waals surface area contributed by atoms with Gasteiger partial charge in [-0.15, -0.1) is 0 Å². The van der Waals surface area contributed by atoms with E-state index in [0.29, 0.717) is 13.0 Å². The third kappa shape index (κ3) is 7.09. The maximum Gasteiger partial charge on any atom is 0.326 e. The Kier molecular flexibility index (Phi) is 7.33. The molecule has 0 aromatic carbocycles. The van der Waals surface area contributed by atoms with Crippen molar-refractivity contribution in [2.45, 2.75) is 46.1 Å². The normalized spacial score (nSPS) is 12.2. The van der Waals surface area contributed by atoms with Gasteiger partial charge in [0, 0.05) is 6.54 Å². The number of amides is 2. The summed E-state index contributed by atoms with van der Waals surface area (Å²) in [6.45, 7) is 6.45. The van der Waals surface area contributed by atoms with E-state index in [-0.39, 0.29) is 5.92 Å². The van der Waals surface area contributed by atoms with Crippen molar-refractivity contribution in [2.24, 2.45) is 5.92 Å². The summed E-state index contributed by atoms with van der Waals surface area (Å²) in [6.07, 6.45) is 2.33. The molecular weight excluding hydrogens is 208 g/mol. The SMILES string of the molecule is CCCCNC(=O)N[C@H](CC(C)C)C(=O)O. The number of hydrogen-bond donors (Lipinski definition) is 3. The lowest BCUT2D eigenvalue weighted by Gasteiger charge is -2.16. The van der Waals surface area contributed by atoms with Crippen molar-refractivity contribution in [3.8, 4) is 0 Å². The molecule has 0 bridgehead atoms. The Balaban J connectivity index is 3.98. The molecule has 0 aliphatic heterocycles. The van der Waals surface area contributed by atoms with Crippen LogP contribution in [0.5, 0.6) is 0 Å². The third-order valence-corrected chi connectivity index (χ3v) is 2.13. The molecule has 5 heteroatoms. The predicted octanol–water partition coefficient (Wildman–Crippen LogP) is 1.58. The second-order valence-corrected chi connectivity index (χ2v) is 4.27. The van der Waals surface area contributed by atoms with Crippen molar-refractivity contribution in [3.63, 3.8) is 0 Å². The summed E-state index contributed by atoms with van der Waals surface area (Å²) in [4.78, 5) is 22.2. The molecule has 0 saturated carbocycles. The van der Waals surface area contributed by atoms with Crippen LogP contribution in [-0.4, -0.2) is 29.7 Å².